The van der Waals surface area contributed by atoms with Crippen molar-refractivity contribution in [2.24, 2.45) is 5.73 Å². The number of benzene rings is 1. The van der Waals surface area contributed by atoms with Crippen LogP contribution in [0, 0.1) is 5.82 Å². The lowest BCUT2D eigenvalue weighted by molar-refractivity contribution is -0.123. The van der Waals surface area contributed by atoms with Crippen molar-refractivity contribution in [1.82, 2.24) is 10.9 Å². The molecule has 1 unspecified atom stereocenters. The molecule has 1 aromatic rings. The minimum absolute atomic E-state index is 0.352. The van der Waals surface area contributed by atoms with E-state index < -0.39 is 6.04 Å². The molecule has 0 fully saturated rings. The number of hydrazine groups is 1. The molecule has 0 aliphatic carbocycles. The summed E-state index contributed by atoms with van der Waals surface area (Å²) in [5.74, 6) is -0.714. The van der Waals surface area contributed by atoms with Gasteiger partial charge in [-0.05, 0) is 17.7 Å². The van der Waals surface area contributed by atoms with E-state index >= 15 is 0 Å². The Morgan fingerprint density at radius 2 is 2.00 bits per heavy atom. The van der Waals surface area contributed by atoms with Crippen molar-refractivity contribution in [3.8, 4) is 0 Å². The third-order valence-corrected chi connectivity index (χ3v) is 1.76. The second-order valence-electron chi connectivity index (χ2n) is 2.77. The van der Waals surface area contributed by atoms with E-state index in [4.69, 9.17) is 5.73 Å². The summed E-state index contributed by atoms with van der Waals surface area (Å²) in [5.41, 5.74) is 11.0. The standard InChI is InChI=1S/C9H12FN3O/c1-12-13-9(14)8(11)6-2-4-7(10)5-3-6/h2-5,8,12H,11H2,1H3,(H,13,14). The summed E-state index contributed by atoms with van der Waals surface area (Å²) in [6.07, 6.45) is 0. The van der Waals surface area contributed by atoms with Crippen molar-refractivity contribution in [3.05, 3.63) is 35.6 Å². The molecule has 0 aliphatic rings. The van der Waals surface area contributed by atoms with Crippen LogP contribution in [0.4, 0.5) is 4.39 Å². The van der Waals surface area contributed by atoms with Crippen molar-refractivity contribution in [2.45, 2.75) is 6.04 Å². The molecule has 4 N–H and O–H groups in total. The van der Waals surface area contributed by atoms with Gasteiger partial charge in [0.05, 0.1) is 0 Å². The Morgan fingerprint density at radius 3 is 2.50 bits per heavy atom. The van der Waals surface area contributed by atoms with Crippen molar-refractivity contribution in [3.63, 3.8) is 0 Å². The minimum Gasteiger partial charge on any atom is -0.316 e. The number of rotatable bonds is 3. The number of hydrogen-bond acceptors (Lipinski definition) is 3. The van der Waals surface area contributed by atoms with Gasteiger partial charge >= 0.3 is 0 Å². The van der Waals surface area contributed by atoms with E-state index in [1.165, 1.54) is 24.3 Å². The zero-order chi connectivity index (χ0) is 10.6. The predicted octanol–water partition coefficient (Wildman–Crippen LogP) is 0.0761. The van der Waals surface area contributed by atoms with Crippen LogP contribution in [-0.2, 0) is 4.79 Å². The lowest BCUT2D eigenvalue weighted by atomic mass is 10.1. The SMILES string of the molecule is CNNC(=O)C(N)c1ccc(F)cc1. The minimum atomic E-state index is -0.789. The van der Waals surface area contributed by atoms with E-state index in [0.717, 1.165) is 0 Å². The number of halogens is 1. The van der Waals surface area contributed by atoms with Crippen molar-refractivity contribution < 1.29 is 9.18 Å². The lowest BCUT2D eigenvalue weighted by Crippen LogP contribution is -2.40. The van der Waals surface area contributed by atoms with Crippen LogP contribution in [0.3, 0.4) is 0 Å². The third-order valence-electron chi connectivity index (χ3n) is 1.76. The summed E-state index contributed by atoms with van der Waals surface area (Å²) < 4.78 is 12.5. The Hall–Kier alpha value is -1.46. The fourth-order valence-electron chi connectivity index (χ4n) is 1.02. The molecule has 4 nitrogen and oxygen atoms in total. The van der Waals surface area contributed by atoms with Gasteiger partial charge < -0.3 is 5.73 Å². The van der Waals surface area contributed by atoms with E-state index in [1.807, 2.05) is 0 Å². The summed E-state index contributed by atoms with van der Waals surface area (Å²) in [5, 5.41) is 0. The molecule has 76 valence electrons. The van der Waals surface area contributed by atoms with Crippen LogP contribution < -0.4 is 16.6 Å². The maximum absolute atomic E-state index is 12.5. The Labute approximate surface area is 81.3 Å². The molecule has 0 aromatic heterocycles. The average molecular weight is 197 g/mol. The summed E-state index contributed by atoms with van der Waals surface area (Å²) in [7, 11) is 1.56. The molecule has 0 radical (unpaired) electrons. The van der Waals surface area contributed by atoms with Crippen LogP contribution >= 0.6 is 0 Å². The highest BCUT2D eigenvalue weighted by Crippen LogP contribution is 2.10. The summed E-state index contributed by atoms with van der Waals surface area (Å²) >= 11 is 0. The predicted molar refractivity (Wildman–Crippen MR) is 50.5 cm³/mol. The van der Waals surface area contributed by atoms with Gasteiger partial charge in [-0.1, -0.05) is 12.1 Å². The zero-order valence-electron chi connectivity index (χ0n) is 7.75. The van der Waals surface area contributed by atoms with Crippen LogP contribution in [-0.4, -0.2) is 13.0 Å². The molecule has 0 aliphatic heterocycles. The molecule has 0 saturated heterocycles. The number of nitrogens with one attached hydrogen (secondary N) is 2. The average Bonchev–Trinajstić information content (AvgIpc) is 2.18. The van der Waals surface area contributed by atoms with Gasteiger partial charge in [-0.15, -0.1) is 0 Å². The van der Waals surface area contributed by atoms with Gasteiger partial charge in [-0.2, -0.15) is 0 Å². The molecule has 5 heteroatoms. The molecule has 14 heavy (non-hydrogen) atoms. The molecular weight excluding hydrogens is 185 g/mol. The highest BCUT2D eigenvalue weighted by atomic mass is 19.1. The first kappa shape index (κ1) is 10.6. The molecule has 0 bridgehead atoms. The zero-order valence-corrected chi connectivity index (χ0v) is 7.75. The molecule has 1 rings (SSSR count). The van der Waals surface area contributed by atoms with Crippen LogP contribution in [0.2, 0.25) is 0 Å². The van der Waals surface area contributed by atoms with E-state index in [-0.39, 0.29) is 11.7 Å². The third kappa shape index (κ3) is 2.51. The summed E-state index contributed by atoms with van der Waals surface area (Å²) in [4.78, 5) is 11.2. The molecular formula is C9H12FN3O. The maximum Gasteiger partial charge on any atom is 0.255 e. The van der Waals surface area contributed by atoms with Gasteiger partial charge in [0.25, 0.3) is 5.91 Å². The van der Waals surface area contributed by atoms with Crippen LogP contribution in [0.15, 0.2) is 24.3 Å². The van der Waals surface area contributed by atoms with Gasteiger partial charge in [0, 0.05) is 7.05 Å². The van der Waals surface area contributed by atoms with Gasteiger partial charge in [-0.25, -0.2) is 9.82 Å². The van der Waals surface area contributed by atoms with Crippen LogP contribution in [0.5, 0.6) is 0 Å². The van der Waals surface area contributed by atoms with Gasteiger partial charge in [0.15, 0.2) is 0 Å². The largest absolute Gasteiger partial charge is 0.316 e. The lowest BCUT2D eigenvalue weighted by Gasteiger charge is -2.11. The van der Waals surface area contributed by atoms with Crippen molar-refractivity contribution >= 4 is 5.91 Å². The normalized spacial score (nSPS) is 12.2. The fourth-order valence-corrected chi connectivity index (χ4v) is 1.02. The number of nitrogens with two attached hydrogens (primary N) is 1. The maximum atomic E-state index is 12.5. The van der Waals surface area contributed by atoms with E-state index in [2.05, 4.69) is 10.9 Å². The van der Waals surface area contributed by atoms with Gasteiger partial charge in [0.1, 0.15) is 11.9 Å². The summed E-state index contributed by atoms with van der Waals surface area (Å²) in [6.45, 7) is 0. The Balaban J connectivity index is 2.73. The van der Waals surface area contributed by atoms with Crippen molar-refractivity contribution in [2.75, 3.05) is 7.05 Å². The highest BCUT2D eigenvalue weighted by molar-refractivity contribution is 5.82. The molecule has 1 amide bonds. The second kappa shape index (κ2) is 4.69. The molecule has 0 saturated carbocycles. The Kier molecular flexibility index (Phi) is 3.55. The van der Waals surface area contributed by atoms with Crippen LogP contribution in [0.25, 0.3) is 0 Å². The number of carbonyl (C=O) groups excluding carboxylic acids is 1. The quantitative estimate of drug-likeness (QED) is 0.601. The highest BCUT2D eigenvalue weighted by Gasteiger charge is 2.14. The number of hydrogen-bond donors (Lipinski definition) is 3. The Morgan fingerprint density at radius 1 is 1.43 bits per heavy atom. The fraction of sp³-hybridized carbons (Fsp3) is 0.222. The number of carbonyl (C=O) groups is 1. The number of amides is 1. The molecule has 0 spiro atoms. The topological polar surface area (TPSA) is 67.1 Å². The second-order valence-corrected chi connectivity index (χ2v) is 2.77. The molecule has 0 heterocycles. The van der Waals surface area contributed by atoms with Crippen molar-refractivity contribution in [1.29, 1.82) is 0 Å². The van der Waals surface area contributed by atoms with Crippen LogP contribution in [0.1, 0.15) is 11.6 Å². The molecule has 1 aromatic carbocycles. The first-order valence-corrected chi connectivity index (χ1v) is 4.13. The Bertz CT molecular complexity index is 312. The smallest absolute Gasteiger partial charge is 0.255 e. The van der Waals surface area contributed by atoms with Gasteiger partial charge in [-0.3, -0.25) is 10.2 Å². The van der Waals surface area contributed by atoms with Gasteiger partial charge in [0.2, 0.25) is 0 Å². The van der Waals surface area contributed by atoms with E-state index in [0.29, 0.717) is 5.56 Å². The van der Waals surface area contributed by atoms with E-state index in [9.17, 15) is 9.18 Å². The monoisotopic (exact) mass is 197 g/mol. The first-order chi connectivity index (χ1) is 6.65. The molecule has 1 atom stereocenters. The summed E-state index contributed by atoms with van der Waals surface area (Å²) in [6, 6.07) is 4.71. The first-order valence-electron chi connectivity index (χ1n) is 4.13. The van der Waals surface area contributed by atoms with E-state index in [1.54, 1.807) is 7.05 Å².